The van der Waals surface area contributed by atoms with E-state index in [2.05, 4.69) is 33.8 Å². The van der Waals surface area contributed by atoms with Crippen LogP contribution in [-0.4, -0.2) is 43.4 Å². The first-order valence-electron chi connectivity index (χ1n) is 10.5. The molecule has 1 aromatic heterocycles. The largest absolute Gasteiger partial charge is 0.386 e. The highest BCUT2D eigenvalue weighted by Crippen LogP contribution is 2.60. The molecule has 4 atom stereocenters. The lowest BCUT2D eigenvalue weighted by atomic mass is 9.54. The minimum absolute atomic E-state index is 0. The van der Waals surface area contributed by atoms with Gasteiger partial charge in [0.2, 0.25) is 0 Å². The van der Waals surface area contributed by atoms with E-state index in [1.807, 2.05) is 19.2 Å². The second kappa shape index (κ2) is 8.69. The molecule has 0 amide bonds. The molecule has 2 aromatic rings. The Morgan fingerprint density at radius 2 is 2.14 bits per heavy atom. The monoisotopic (exact) mass is 527 g/mol. The number of benzene rings is 1. The summed E-state index contributed by atoms with van der Waals surface area (Å²) in [6, 6.07) is 10.8. The molecule has 2 saturated carbocycles. The minimum Gasteiger partial charge on any atom is -0.386 e. The van der Waals surface area contributed by atoms with Crippen LogP contribution in [0.4, 0.5) is 0 Å². The third-order valence-electron chi connectivity index (χ3n) is 7.04. The Labute approximate surface area is 193 Å². The second-order valence-corrected chi connectivity index (χ2v) is 9.58. The number of guanidine groups is 1. The summed E-state index contributed by atoms with van der Waals surface area (Å²) in [7, 11) is 1.81. The summed E-state index contributed by atoms with van der Waals surface area (Å²) >= 11 is 1.66. The predicted molar refractivity (Wildman–Crippen MR) is 129 cm³/mol. The van der Waals surface area contributed by atoms with Gasteiger partial charge < -0.3 is 20.5 Å². The molecule has 5 nitrogen and oxygen atoms in total. The fourth-order valence-electron chi connectivity index (χ4n) is 5.71. The van der Waals surface area contributed by atoms with Crippen LogP contribution in [0.2, 0.25) is 0 Å². The Balaban J connectivity index is 0.00000205. The lowest BCUT2D eigenvalue weighted by Crippen LogP contribution is -2.69. The van der Waals surface area contributed by atoms with Crippen molar-refractivity contribution in [1.29, 1.82) is 0 Å². The minimum atomic E-state index is -0.541. The number of rotatable bonds is 4. The van der Waals surface area contributed by atoms with Gasteiger partial charge in [0, 0.05) is 47.2 Å². The molecule has 0 bridgehead atoms. The van der Waals surface area contributed by atoms with Gasteiger partial charge in [-0.15, -0.1) is 35.3 Å². The number of thiophene rings is 1. The van der Waals surface area contributed by atoms with E-state index in [-0.39, 0.29) is 24.0 Å². The van der Waals surface area contributed by atoms with Crippen molar-refractivity contribution in [2.45, 2.75) is 50.4 Å². The first kappa shape index (κ1) is 21.3. The van der Waals surface area contributed by atoms with E-state index in [9.17, 15) is 5.11 Å². The molecular formula is C22H30IN3O2S. The number of aliphatic hydroxyl groups is 1. The van der Waals surface area contributed by atoms with Crippen molar-refractivity contribution in [2.75, 3.05) is 20.2 Å². The number of aliphatic imine (C=N–C) groups is 1. The zero-order chi connectivity index (χ0) is 19.1. The number of fused-ring (bicyclic) bond motifs is 3. The fraction of sp³-hybridized carbons (Fsp3) is 0.591. The molecule has 7 heteroatoms. The average Bonchev–Trinajstić information content (AvgIpc) is 3.45. The molecule has 29 heavy (non-hydrogen) atoms. The molecule has 0 radical (unpaired) electrons. The summed E-state index contributed by atoms with van der Waals surface area (Å²) in [5.74, 6) is 1.39. The number of aliphatic hydroxyl groups excluding tert-OH is 1. The van der Waals surface area contributed by atoms with Gasteiger partial charge in [-0.1, -0.05) is 31.0 Å². The fourth-order valence-corrected chi connectivity index (χ4v) is 6.76. The smallest absolute Gasteiger partial charge is 0.191 e. The Hall–Kier alpha value is -0.900. The molecule has 5 rings (SSSR count). The molecule has 158 valence electrons. The van der Waals surface area contributed by atoms with Crippen LogP contribution in [0.15, 0.2) is 35.3 Å². The standard InChI is InChI=1S/C22H29N3O2S.HI/c1-23-21(24-13-16(26)18-12-14-6-2-3-7-17(14)28-18)25-19-15-8-11-27-20(15)22(19)9-4-5-10-22;/h2-3,6-7,12,15-16,19-20,26H,4-5,8-11,13H2,1H3,(H2,23,24,25);1H. The summed E-state index contributed by atoms with van der Waals surface area (Å²) in [6.45, 7) is 1.35. The van der Waals surface area contributed by atoms with Crippen molar-refractivity contribution in [3.8, 4) is 0 Å². The van der Waals surface area contributed by atoms with Gasteiger partial charge in [0.25, 0.3) is 0 Å². The van der Waals surface area contributed by atoms with Gasteiger partial charge in [-0.3, -0.25) is 4.99 Å². The second-order valence-electron chi connectivity index (χ2n) is 8.46. The van der Waals surface area contributed by atoms with Crippen molar-refractivity contribution in [3.05, 3.63) is 35.2 Å². The van der Waals surface area contributed by atoms with Crippen LogP contribution in [0.5, 0.6) is 0 Å². The van der Waals surface area contributed by atoms with E-state index in [0.29, 0.717) is 30.0 Å². The summed E-state index contributed by atoms with van der Waals surface area (Å²) in [5, 5.41) is 18.9. The third-order valence-corrected chi connectivity index (χ3v) is 8.26. The average molecular weight is 527 g/mol. The highest BCUT2D eigenvalue weighted by atomic mass is 127. The molecule has 3 N–H and O–H groups in total. The number of halogens is 1. The molecule has 1 spiro atoms. The van der Waals surface area contributed by atoms with Crippen LogP contribution < -0.4 is 10.6 Å². The summed E-state index contributed by atoms with van der Waals surface area (Å²) in [5.41, 5.74) is 0.295. The normalized spacial score (nSPS) is 28.6. The Bertz CT molecular complexity index is 847. The maximum Gasteiger partial charge on any atom is 0.191 e. The lowest BCUT2D eigenvalue weighted by Gasteiger charge is -2.57. The van der Waals surface area contributed by atoms with Crippen molar-refractivity contribution < 1.29 is 9.84 Å². The SMILES string of the molecule is CN=C(NCC(O)c1cc2ccccc2s1)NC1C2CCOC2C12CCCC2.I. The van der Waals surface area contributed by atoms with Crippen molar-refractivity contribution >= 4 is 51.4 Å². The van der Waals surface area contributed by atoms with Crippen LogP contribution in [0.3, 0.4) is 0 Å². The van der Waals surface area contributed by atoms with Gasteiger partial charge in [0.15, 0.2) is 5.96 Å². The summed E-state index contributed by atoms with van der Waals surface area (Å²) < 4.78 is 7.29. The highest BCUT2D eigenvalue weighted by Gasteiger charge is 2.65. The van der Waals surface area contributed by atoms with Crippen LogP contribution in [0, 0.1) is 11.3 Å². The molecule has 4 unspecified atom stereocenters. The zero-order valence-corrected chi connectivity index (χ0v) is 19.9. The number of ether oxygens (including phenoxy) is 1. The third kappa shape index (κ3) is 3.68. The van der Waals surface area contributed by atoms with Crippen LogP contribution in [0.25, 0.3) is 10.1 Å². The maximum atomic E-state index is 10.7. The van der Waals surface area contributed by atoms with Gasteiger partial charge in [-0.05, 0) is 36.8 Å². The van der Waals surface area contributed by atoms with Crippen molar-refractivity contribution in [3.63, 3.8) is 0 Å². The molecular weight excluding hydrogens is 497 g/mol. The molecule has 3 aliphatic rings. The topological polar surface area (TPSA) is 65.9 Å². The van der Waals surface area contributed by atoms with E-state index in [1.165, 1.54) is 35.8 Å². The molecule has 2 aliphatic carbocycles. The van der Waals surface area contributed by atoms with Gasteiger partial charge in [0.05, 0.1) is 6.10 Å². The number of nitrogens with one attached hydrogen (secondary N) is 2. The van der Waals surface area contributed by atoms with Gasteiger partial charge in [-0.2, -0.15) is 0 Å². The number of hydrogen-bond acceptors (Lipinski definition) is 4. The van der Waals surface area contributed by atoms with E-state index < -0.39 is 6.10 Å². The Morgan fingerprint density at radius 3 is 2.90 bits per heavy atom. The summed E-state index contributed by atoms with van der Waals surface area (Å²) in [6.07, 6.45) is 6.17. The van der Waals surface area contributed by atoms with E-state index >= 15 is 0 Å². The summed E-state index contributed by atoms with van der Waals surface area (Å²) in [4.78, 5) is 5.42. The first-order valence-corrected chi connectivity index (χ1v) is 11.3. The van der Waals surface area contributed by atoms with Crippen LogP contribution in [-0.2, 0) is 4.74 Å². The first-order chi connectivity index (χ1) is 13.7. The van der Waals surface area contributed by atoms with Gasteiger partial charge in [-0.25, -0.2) is 0 Å². The zero-order valence-electron chi connectivity index (χ0n) is 16.8. The number of hydrogen-bond donors (Lipinski definition) is 3. The highest BCUT2D eigenvalue weighted by molar-refractivity contribution is 14.0. The quantitative estimate of drug-likeness (QED) is 0.319. The predicted octanol–water partition coefficient (Wildman–Crippen LogP) is 4.07. The lowest BCUT2D eigenvalue weighted by molar-refractivity contribution is -0.125. The molecule has 1 aliphatic heterocycles. The Kier molecular flexibility index (Phi) is 6.39. The number of nitrogens with zero attached hydrogens (tertiary/aromatic N) is 1. The van der Waals surface area contributed by atoms with Crippen molar-refractivity contribution in [2.24, 2.45) is 16.3 Å². The maximum absolute atomic E-state index is 10.7. The van der Waals surface area contributed by atoms with Crippen LogP contribution in [0.1, 0.15) is 43.1 Å². The van der Waals surface area contributed by atoms with E-state index in [1.54, 1.807) is 11.3 Å². The van der Waals surface area contributed by atoms with Gasteiger partial charge >= 0.3 is 0 Å². The van der Waals surface area contributed by atoms with Crippen LogP contribution >= 0.6 is 35.3 Å². The molecule has 2 heterocycles. The molecule has 1 aromatic carbocycles. The van der Waals surface area contributed by atoms with E-state index in [0.717, 1.165) is 23.9 Å². The molecule has 3 fully saturated rings. The van der Waals surface area contributed by atoms with Gasteiger partial charge in [0.1, 0.15) is 6.10 Å². The van der Waals surface area contributed by atoms with Crippen molar-refractivity contribution in [1.82, 2.24) is 10.6 Å². The van der Waals surface area contributed by atoms with E-state index in [4.69, 9.17) is 4.74 Å². The molecule has 1 saturated heterocycles. The Morgan fingerprint density at radius 1 is 1.34 bits per heavy atom.